The van der Waals surface area contributed by atoms with Gasteiger partial charge in [0, 0.05) is 18.8 Å². The zero-order chi connectivity index (χ0) is 18.7. The van der Waals surface area contributed by atoms with Crippen LogP contribution < -0.4 is 16.0 Å². The van der Waals surface area contributed by atoms with Crippen molar-refractivity contribution in [3.63, 3.8) is 0 Å². The zero-order valence-corrected chi connectivity index (χ0v) is 15.6. The number of benzene rings is 1. The summed E-state index contributed by atoms with van der Waals surface area (Å²) in [5, 5.41) is 17.9. The van der Waals surface area contributed by atoms with E-state index in [0.717, 1.165) is 25.1 Å². The van der Waals surface area contributed by atoms with E-state index in [1.807, 2.05) is 52.0 Å². The summed E-state index contributed by atoms with van der Waals surface area (Å²) in [6, 6.07) is 7.63. The predicted molar refractivity (Wildman–Crippen MR) is 101 cm³/mol. The lowest BCUT2D eigenvalue weighted by Gasteiger charge is -2.19. The number of amides is 1. The SMILES string of the molecule is CCNC(=NCCO)NCCc1ccc(NC(=O)OC(C)(C)C)cc1. The molecule has 0 fully saturated rings. The number of guanidine groups is 1. The summed E-state index contributed by atoms with van der Waals surface area (Å²) in [6.45, 7) is 9.37. The van der Waals surface area contributed by atoms with Crippen LogP contribution in [0.15, 0.2) is 29.3 Å². The number of nitrogens with zero attached hydrogens (tertiary/aromatic N) is 1. The predicted octanol–water partition coefficient (Wildman–Crippen LogP) is 2.12. The fraction of sp³-hybridized carbons (Fsp3) is 0.556. The first-order valence-electron chi connectivity index (χ1n) is 8.56. The number of carbonyl (C=O) groups excluding carboxylic acids is 1. The molecule has 1 amide bonds. The average Bonchev–Trinajstić information content (AvgIpc) is 2.52. The molecule has 1 rings (SSSR count). The normalized spacial score (nSPS) is 11.8. The first-order chi connectivity index (χ1) is 11.8. The number of carbonyl (C=O) groups is 1. The second kappa shape index (κ2) is 10.6. The van der Waals surface area contributed by atoms with Gasteiger partial charge in [0.1, 0.15) is 5.60 Å². The van der Waals surface area contributed by atoms with E-state index in [9.17, 15) is 4.79 Å². The summed E-state index contributed by atoms with van der Waals surface area (Å²) in [4.78, 5) is 15.9. The maximum absolute atomic E-state index is 11.7. The van der Waals surface area contributed by atoms with Crippen LogP contribution in [0.5, 0.6) is 0 Å². The van der Waals surface area contributed by atoms with Crippen LogP contribution in [0, 0.1) is 0 Å². The smallest absolute Gasteiger partial charge is 0.412 e. The molecule has 1 aromatic carbocycles. The Hall–Kier alpha value is -2.28. The number of hydrogen-bond acceptors (Lipinski definition) is 4. The molecule has 1 aromatic rings. The maximum atomic E-state index is 11.7. The van der Waals surface area contributed by atoms with Crippen LogP contribution in [-0.4, -0.2) is 49.0 Å². The van der Waals surface area contributed by atoms with Gasteiger partial charge in [0.15, 0.2) is 5.96 Å². The van der Waals surface area contributed by atoms with Gasteiger partial charge in [-0.2, -0.15) is 0 Å². The Morgan fingerprint density at radius 2 is 1.88 bits per heavy atom. The molecule has 4 N–H and O–H groups in total. The van der Waals surface area contributed by atoms with Gasteiger partial charge < -0.3 is 20.5 Å². The molecule has 0 saturated heterocycles. The van der Waals surface area contributed by atoms with Crippen molar-refractivity contribution in [2.24, 2.45) is 4.99 Å². The van der Waals surface area contributed by atoms with Crippen molar-refractivity contribution in [2.75, 3.05) is 31.6 Å². The van der Waals surface area contributed by atoms with Crippen molar-refractivity contribution in [2.45, 2.75) is 39.7 Å². The lowest BCUT2D eigenvalue weighted by molar-refractivity contribution is 0.0636. The first kappa shape index (κ1) is 20.8. The van der Waals surface area contributed by atoms with Gasteiger partial charge in [-0.3, -0.25) is 10.3 Å². The lowest BCUT2D eigenvalue weighted by atomic mass is 10.1. The summed E-state index contributed by atoms with van der Waals surface area (Å²) in [5.74, 6) is 0.694. The zero-order valence-electron chi connectivity index (χ0n) is 15.6. The van der Waals surface area contributed by atoms with Crippen molar-refractivity contribution in [1.29, 1.82) is 0 Å². The van der Waals surface area contributed by atoms with Gasteiger partial charge in [0.2, 0.25) is 0 Å². The van der Waals surface area contributed by atoms with E-state index in [1.165, 1.54) is 0 Å². The Kier molecular flexibility index (Phi) is 8.77. The van der Waals surface area contributed by atoms with Crippen molar-refractivity contribution >= 4 is 17.7 Å². The van der Waals surface area contributed by atoms with E-state index in [2.05, 4.69) is 20.9 Å². The Balaban J connectivity index is 2.45. The Bertz CT molecular complexity index is 550. The first-order valence-corrected chi connectivity index (χ1v) is 8.56. The highest BCUT2D eigenvalue weighted by Gasteiger charge is 2.15. The third-order valence-corrected chi connectivity index (χ3v) is 3.02. The highest BCUT2D eigenvalue weighted by atomic mass is 16.6. The standard InChI is InChI=1S/C18H30N4O3/c1-5-19-16(21-12-13-23)20-11-10-14-6-8-15(9-7-14)22-17(24)25-18(2,3)4/h6-9,23H,5,10-13H2,1-4H3,(H,22,24)(H2,19,20,21). The van der Waals surface area contributed by atoms with Gasteiger partial charge in [0.05, 0.1) is 13.2 Å². The number of anilines is 1. The molecule has 25 heavy (non-hydrogen) atoms. The fourth-order valence-electron chi connectivity index (χ4n) is 2.00. The molecule has 7 nitrogen and oxygen atoms in total. The van der Waals surface area contributed by atoms with Crippen LogP contribution in [-0.2, 0) is 11.2 Å². The Labute approximate surface area is 149 Å². The quantitative estimate of drug-likeness (QED) is 0.446. The molecule has 0 spiro atoms. The molecule has 0 aromatic heterocycles. The van der Waals surface area contributed by atoms with E-state index >= 15 is 0 Å². The summed E-state index contributed by atoms with van der Waals surface area (Å²) in [5.41, 5.74) is 1.32. The second-order valence-electron chi connectivity index (χ2n) is 6.48. The van der Waals surface area contributed by atoms with Crippen LogP contribution in [0.4, 0.5) is 10.5 Å². The van der Waals surface area contributed by atoms with Gasteiger partial charge in [-0.15, -0.1) is 0 Å². The topological polar surface area (TPSA) is 95.0 Å². The highest BCUT2D eigenvalue weighted by molar-refractivity contribution is 5.84. The number of nitrogens with one attached hydrogen (secondary N) is 3. The second-order valence-corrected chi connectivity index (χ2v) is 6.48. The molecule has 0 atom stereocenters. The molecule has 0 aliphatic carbocycles. The highest BCUT2D eigenvalue weighted by Crippen LogP contribution is 2.13. The van der Waals surface area contributed by atoms with E-state index < -0.39 is 11.7 Å². The monoisotopic (exact) mass is 350 g/mol. The molecule has 0 heterocycles. The van der Waals surface area contributed by atoms with E-state index in [-0.39, 0.29) is 6.61 Å². The Morgan fingerprint density at radius 1 is 1.20 bits per heavy atom. The third-order valence-electron chi connectivity index (χ3n) is 3.02. The molecule has 0 aliphatic heterocycles. The van der Waals surface area contributed by atoms with Gasteiger partial charge in [0.25, 0.3) is 0 Å². The van der Waals surface area contributed by atoms with Gasteiger partial charge in [-0.25, -0.2) is 4.79 Å². The third kappa shape index (κ3) is 9.56. The summed E-state index contributed by atoms with van der Waals surface area (Å²) < 4.78 is 5.22. The largest absolute Gasteiger partial charge is 0.444 e. The number of hydrogen-bond donors (Lipinski definition) is 4. The molecule has 0 saturated carbocycles. The van der Waals surface area contributed by atoms with Gasteiger partial charge in [-0.05, 0) is 51.8 Å². The maximum Gasteiger partial charge on any atom is 0.412 e. The van der Waals surface area contributed by atoms with Crippen LogP contribution in [0.1, 0.15) is 33.3 Å². The number of aliphatic imine (C=N–C) groups is 1. The molecule has 0 aliphatic rings. The number of rotatable bonds is 7. The van der Waals surface area contributed by atoms with Crippen molar-refractivity contribution in [3.05, 3.63) is 29.8 Å². The molecular formula is C18H30N4O3. The summed E-state index contributed by atoms with van der Waals surface area (Å²) in [6.07, 6.45) is 0.355. The minimum atomic E-state index is -0.516. The molecule has 0 bridgehead atoms. The van der Waals surface area contributed by atoms with Crippen molar-refractivity contribution in [3.8, 4) is 0 Å². The lowest BCUT2D eigenvalue weighted by Crippen LogP contribution is -2.38. The van der Waals surface area contributed by atoms with Crippen LogP contribution >= 0.6 is 0 Å². The minimum absolute atomic E-state index is 0.0304. The van der Waals surface area contributed by atoms with E-state index in [4.69, 9.17) is 9.84 Å². The molecule has 140 valence electrons. The van der Waals surface area contributed by atoms with Crippen molar-refractivity contribution in [1.82, 2.24) is 10.6 Å². The minimum Gasteiger partial charge on any atom is -0.444 e. The fourth-order valence-corrected chi connectivity index (χ4v) is 2.00. The summed E-state index contributed by atoms with van der Waals surface area (Å²) in [7, 11) is 0. The average molecular weight is 350 g/mol. The van der Waals surface area contributed by atoms with Gasteiger partial charge in [-0.1, -0.05) is 12.1 Å². The van der Waals surface area contributed by atoms with Gasteiger partial charge >= 0.3 is 6.09 Å². The van der Waals surface area contributed by atoms with Crippen LogP contribution in [0.25, 0.3) is 0 Å². The van der Waals surface area contributed by atoms with E-state index in [0.29, 0.717) is 18.2 Å². The number of aliphatic hydroxyl groups is 1. The number of ether oxygens (including phenoxy) is 1. The molecular weight excluding hydrogens is 320 g/mol. The van der Waals surface area contributed by atoms with Crippen LogP contribution in [0.3, 0.4) is 0 Å². The van der Waals surface area contributed by atoms with Crippen molar-refractivity contribution < 1.29 is 14.6 Å². The van der Waals surface area contributed by atoms with E-state index in [1.54, 1.807) is 0 Å². The Morgan fingerprint density at radius 3 is 2.44 bits per heavy atom. The number of aliphatic hydroxyl groups excluding tert-OH is 1. The molecule has 7 heteroatoms. The van der Waals surface area contributed by atoms with Crippen LogP contribution in [0.2, 0.25) is 0 Å². The molecule has 0 unspecified atom stereocenters. The molecule has 0 radical (unpaired) electrons. The summed E-state index contributed by atoms with van der Waals surface area (Å²) >= 11 is 0.